The predicted octanol–water partition coefficient (Wildman–Crippen LogP) is 4.41. The van der Waals surface area contributed by atoms with E-state index < -0.39 is 0 Å². The first kappa shape index (κ1) is 20.6. The molecule has 1 amide bonds. The van der Waals surface area contributed by atoms with Crippen LogP contribution >= 0.6 is 0 Å². The molecule has 5 heteroatoms. The highest BCUT2D eigenvalue weighted by atomic mass is 19.1. The molecule has 1 saturated heterocycles. The molecule has 0 N–H and O–H groups in total. The normalized spacial score (nSPS) is 19.1. The summed E-state index contributed by atoms with van der Waals surface area (Å²) < 4.78 is 18.6. The summed E-state index contributed by atoms with van der Waals surface area (Å²) in [5, 5.41) is 0. The van der Waals surface area contributed by atoms with Crippen molar-refractivity contribution in [3.63, 3.8) is 0 Å². The lowest BCUT2D eigenvalue weighted by molar-refractivity contribution is -0.144. The van der Waals surface area contributed by atoms with Crippen molar-refractivity contribution in [2.45, 2.75) is 32.4 Å². The van der Waals surface area contributed by atoms with Crippen molar-refractivity contribution in [2.24, 2.45) is 5.41 Å². The van der Waals surface area contributed by atoms with Crippen LogP contribution in [0.4, 0.5) is 4.39 Å². The highest BCUT2D eigenvalue weighted by molar-refractivity contribution is 5.83. The second-order valence-corrected chi connectivity index (χ2v) is 8.40. The van der Waals surface area contributed by atoms with E-state index >= 15 is 0 Å². The second kappa shape index (κ2) is 9.00. The smallest absolute Gasteiger partial charge is 0.229 e. The summed E-state index contributed by atoms with van der Waals surface area (Å²) in [6, 6.07) is 14.6. The molecule has 4 rings (SSSR count). The van der Waals surface area contributed by atoms with Crippen LogP contribution in [0.5, 0.6) is 5.75 Å². The van der Waals surface area contributed by atoms with Gasteiger partial charge in [-0.25, -0.2) is 4.39 Å². The summed E-state index contributed by atoms with van der Waals surface area (Å²) in [4.78, 5) is 17.9. The molecule has 2 aromatic rings. The molecule has 0 unspecified atom stereocenters. The number of benzene rings is 2. The van der Waals surface area contributed by atoms with Crippen molar-refractivity contribution >= 4 is 5.91 Å². The highest BCUT2D eigenvalue weighted by Gasteiger charge is 2.43. The zero-order valence-corrected chi connectivity index (χ0v) is 17.5. The Morgan fingerprint density at radius 3 is 2.50 bits per heavy atom. The van der Waals surface area contributed by atoms with Crippen LogP contribution in [0.1, 0.15) is 30.4 Å². The number of ether oxygens (including phenoxy) is 1. The van der Waals surface area contributed by atoms with Crippen LogP contribution in [-0.2, 0) is 17.9 Å². The number of halogens is 1. The summed E-state index contributed by atoms with van der Waals surface area (Å²) in [6.07, 6.45) is 6.79. The van der Waals surface area contributed by atoms with Gasteiger partial charge < -0.3 is 9.64 Å². The quantitative estimate of drug-likeness (QED) is 0.688. The minimum Gasteiger partial charge on any atom is -0.497 e. The molecule has 2 aromatic carbocycles. The first-order valence-electron chi connectivity index (χ1n) is 10.6. The number of piperidine rings is 1. The molecule has 2 heterocycles. The van der Waals surface area contributed by atoms with Crippen molar-refractivity contribution in [3.8, 4) is 5.75 Å². The molecule has 0 aliphatic carbocycles. The molecule has 0 saturated carbocycles. The van der Waals surface area contributed by atoms with Crippen molar-refractivity contribution in [1.82, 2.24) is 9.80 Å². The fraction of sp³-hybridized carbons (Fsp3) is 0.400. The van der Waals surface area contributed by atoms with Crippen molar-refractivity contribution < 1.29 is 13.9 Å². The molecule has 158 valence electrons. The number of rotatable bonds is 5. The monoisotopic (exact) mass is 408 g/mol. The van der Waals surface area contributed by atoms with Crippen molar-refractivity contribution in [1.29, 1.82) is 0 Å². The van der Waals surface area contributed by atoms with Gasteiger partial charge in [0.25, 0.3) is 0 Å². The van der Waals surface area contributed by atoms with Crippen molar-refractivity contribution in [2.75, 3.05) is 26.7 Å². The standard InChI is InChI=1S/C25H29FN2O2/c1-30-23-6-4-5-21(17-23)18-27-15-12-25(13-16-27)11-2-3-14-28(24(25)29)19-20-7-9-22(26)10-8-20/h2-10,17H,11-16,18-19H2,1H3. The van der Waals surface area contributed by atoms with E-state index in [-0.39, 0.29) is 17.1 Å². The average Bonchev–Trinajstić information content (AvgIpc) is 2.91. The summed E-state index contributed by atoms with van der Waals surface area (Å²) in [7, 11) is 1.69. The van der Waals surface area contributed by atoms with E-state index in [1.54, 1.807) is 19.2 Å². The number of carbonyl (C=O) groups is 1. The third kappa shape index (κ3) is 4.57. The molecule has 4 nitrogen and oxygen atoms in total. The van der Waals surface area contributed by atoms with Gasteiger partial charge in [0.15, 0.2) is 0 Å². The van der Waals surface area contributed by atoms with E-state index in [4.69, 9.17) is 4.74 Å². The maximum atomic E-state index is 13.5. The van der Waals surface area contributed by atoms with Crippen LogP contribution in [0.3, 0.4) is 0 Å². The molecule has 0 atom stereocenters. The summed E-state index contributed by atoms with van der Waals surface area (Å²) in [5.41, 5.74) is 1.87. The molecule has 1 fully saturated rings. The lowest BCUT2D eigenvalue weighted by Crippen LogP contribution is -2.49. The summed E-state index contributed by atoms with van der Waals surface area (Å²) >= 11 is 0. The minimum absolute atomic E-state index is 0.234. The molecular weight excluding hydrogens is 379 g/mol. The van der Waals surface area contributed by atoms with Gasteiger partial charge in [0.1, 0.15) is 11.6 Å². The van der Waals surface area contributed by atoms with Gasteiger partial charge in [-0.2, -0.15) is 0 Å². The largest absolute Gasteiger partial charge is 0.497 e. The average molecular weight is 409 g/mol. The number of amides is 1. The number of hydrogen-bond donors (Lipinski definition) is 0. The zero-order valence-electron chi connectivity index (χ0n) is 17.5. The Morgan fingerprint density at radius 2 is 1.77 bits per heavy atom. The molecule has 0 aromatic heterocycles. The number of methoxy groups -OCH3 is 1. The van der Waals surface area contributed by atoms with E-state index in [1.165, 1.54) is 17.7 Å². The Bertz CT molecular complexity index is 902. The van der Waals surface area contributed by atoms with E-state index in [9.17, 15) is 9.18 Å². The molecule has 2 aliphatic rings. The first-order chi connectivity index (χ1) is 14.6. The molecule has 0 bridgehead atoms. The van der Waals surface area contributed by atoms with E-state index in [0.717, 1.165) is 50.2 Å². The Morgan fingerprint density at radius 1 is 1.00 bits per heavy atom. The van der Waals surface area contributed by atoms with Gasteiger partial charge in [-0.15, -0.1) is 0 Å². The van der Waals surface area contributed by atoms with Crippen molar-refractivity contribution in [3.05, 3.63) is 77.6 Å². The Hall–Kier alpha value is -2.66. The third-order valence-electron chi connectivity index (χ3n) is 6.38. The number of nitrogens with zero attached hydrogens (tertiary/aromatic N) is 2. The first-order valence-corrected chi connectivity index (χ1v) is 10.6. The maximum Gasteiger partial charge on any atom is 0.229 e. The minimum atomic E-state index is -0.322. The molecule has 30 heavy (non-hydrogen) atoms. The van der Waals surface area contributed by atoms with Crippen LogP contribution < -0.4 is 4.74 Å². The number of carbonyl (C=O) groups excluding carboxylic acids is 1. The van der Waals surface area contributed by atoms with E-state index in [2.05, 4.69) is 29.2 Å². The topological polar surface area (TPSA) is 32.8 Å². The molecular formula is C25H29FN2O2. The summed E-state index contributed by atoms with van der Waals surface area (Å²) in [6.45, 7) is 3.82. The second-order valence-electron chi connectivity index (χ2n) is 8.40. The van der Waals surface area contributed by atoms with Gasteiger partial charge in [0.05, 0.1) is 12.5 Å². The number of likely N-dealkylation sites (tertiary alicyclic amines) is 1. The van der Waals surface area contributed by atoms with Crippen LogP contribution in [-0.4, -0.2) is 42.5 Å². The van der Waals surface area contributed by atoms with Crippen LogP contribution in [0.2, 0.25) is 0 Å². The van der Waals surface area contributed by atoms with Gasteiger partial charge in [-0.05, 0) is 67.7 Å². The van der Waals surface area contributed by atoms with Gasteiger partial charge in [-0.1, -0.05) is 36.4 Å². The zero-order chi connectivity index (χ0) is 21.0. The lowest BCUT2D eigenvalue weighted by Gasteiger charge is -2.42. The van der Waals surface area contributed by atoms with Gasteiger partial charge in [0, 0.05) is 19.6 Å². The SMILES string of the molecule is COc1cccc(CN2CCC3(CC=CCN(Cc4ccc(F)cc4)C3=O)CC2)c1. The third-order valence-corrected chi connectivity index (χ3v) is 6.38. The maximum absolute atomic E-state index is 13.5. The van der Waals surface area contributed by atoms with Crippen LogP contribution in [0, 0.1) is 11.2 Å². The Labute approximate surface area is 177 Å². The van der Waals surface area contributed by atoms with Crippen LogP contribution in [0.15, 0.2) is 60.7 Å². The molecule has 1 spiro atoms. The van der Waals surface area contributed by atoms with Crippen LogP contribution in [0.25, 0.3) is 0 Å². The lowest BCUT2D eigenvalue weighted by atomic mass is 9.74. The van der Waals surface area contributed by atoms with E-state index in [0.29, 0.717) is 13.1 Å². The predicted molar refractivity (Wildman–Crippen MR) is 116 cm³/mol. The molecule has 0 radical (unpaired) electrons. The Kier molecular flexibility index (Phi) is 6.18. The molecule has 2 aliphatic heterocycles. The van der Waals surface area contributed by atoms with E-state index in [1.807, 2.05) is 17.0 Å². The summed E-state index contributed by atoms with van der Waals surface area (Å²) in [5.74, 6) is 0.861. The number of allylic oxidation sites excluding steroid dienone is 1. The highest BCUT2D eigenvalue weighted by Crippen LogP contribution is 2.39. The van der Waals surface area contributed by atoms with Gasteiger partial charge in [-0.3, -0.25) is 9.69 Å². The number of hydrogen-bond acceptors (Lipinski definition) is 3. The van der Waals surface area contributed by atoms with Gasteiger partial charge in [0.2, 0.25) is 5.91 Å². The fourth-order valence-electron chi connectivity index (χ4n) is 4.55. The van der Waals surface area contributed by atoms with Gasteiger partial charge >= 0.3 is 0 Å². The fourth-order valence-corrected chi connectivity index (χ4v) is 4.55. The Balaban J connectivity index is 1.41.